The third-order valence-corrected chi connectivity index (χ3v) is 4.58. The van der Waals surface area contributed by atoms with Crippen molar-refractivity contribution in [2.24, 2.45) is 0 Å². The molecule has 1 aliphatic carbocycles. The van der Waals surface area contributed by atoms with Crippen LogP contribution in [0.4, 0.5) is 4.39 Å². The lowest BCUT2D eigenvalue weighted by atomic mass is 9.98. The largest absolute Gasteiger partial charge is 0.309 e. The molecule has 3 rings (SSSR count). The number of nitrogens with zero attached hydrogens (tertiary/aromatic N) is 2. The zero-order valence-electron chi connectivity index (χ0n) is 10.8. The highest BCUT2D eigenvalue weighted by molar-refractivity contribution is 7.15. The van der Waals surface area contributed by atoms with Crippen molar-refractivity contribution < 1.29 is 4.39 Å². The summed E-state index contributed by atoms with van der Waals surface area (Å²) in [6.45, 7) is 3.09. The molecule has 0 radical (unpaired) electrons. The fourth-order valence-electron chi connectivity index (χ4n) is 2.47. The average molecular weight is 277 g/mol. The fraction of sp³-hybridized carbons (Fsp3) is 0.429. The van der Waals surface area contributed by atoms with Crippen molar-refractivity contribution >= 4 is 11.3 Å². The predicted molar refractivity (Wildman–Crippen MR) is 74.7 cm³/mol. The van der Waals surface area contributed by atoms with Crippen LogP contribution in [0.3, 0.4) is 0 Å². The number of thiazole rings is 1. The normalized spacial score (nSPS) is 18.3. The molecule has 0 fully saturated rings. The van der Waals surface area contributed by atoms with Crippen molar-refractivity contribution in [3.8, 4) is 10.7 Å². The van der Waals surface area contributed by atoms with E-state index in [0.717, 1.165) is 23.7 Å². The molecule has 0 saturated carbocycles. The third kappa shape index (κ3) is 2.53. The number of nitrogens with one attached hydrogen (secondary N) is 1. The monoisotopic (exact) mass is 277 g/mol. The summed E-state index contributed by atoms with van der Waals surface area (Å²) >= 11 is 1.68. The number of aromatic nitrogens is 2. The Morgan fingerprint density at radius 2 is 2.37 bits per heavy atom. The lowest BCUT2D eigenvalue weighted by Gasteiger charge is -2.21. The van der Waals surface area contributed by atoms with Crippen LogP contribution >= 0.6 is 11.3 Å². The topological polar surface area (TPSA) is 37.8 Å². The molecule has 0 aliphatic heterocycles. The molecule has 0 aromatic carbocycles. The Morgan fingerprint density at radius 3 is 3.11 bits per heavy atom. The van der Waals surface area contributed by atoms with E-state index in [1.54, 1.807) is 17.4 Å². The molecule has 0 spiro atoms. The summed E-state index contributed by atoms with van der Waals surface area (Å²) in [5.74, 6) is -0.310. The standard InChI is InChI=1S/C14H16FN3S/c1-2-16-10-4-3-5-11-13(10)19-14(18-11)12-7-6-9(15)8-17-12/h6-8,10,16H,2-5H2,1H3. The van der Waals surface area contributed by atoms with Gasteiger partial charge in [-0.2, -0.15) is 0 Å². The second-order valence-corrected chi connectivity index (χ2v) is 5.72. The minimum atomic E-state index is -0.310. The van der Waals surface area contributed by atoms with E-state index < -0.39 is 0 Å². The molecule has 100 valence electrons. The van der Waals surface area contributed by atoms with Gasteiger partial charge in [0.1, 0.15) is 10.8 Å². The van der Waals surface area contributed by atoms with Crippen molar-refractivity contribution in [3.05, 3.63) is 34.7 Å². The number of rotatable bonds is 3. The van der Waals surface area contributed by atoms with E-state index in [2.05, 4.69) is 22.2 Å². The van der Waals surface area contributed by atoms with E-state index in [1.165, 1.54) is 35.7 Å². The Kier molecular flexibility index (Phi) is 3.57. The minimum Gasteiger partial charge on any atom is -0.309 e. The second kappa shape index (κ2) is 5.35. The van der Waals surface area contributed by atoms with Crippen LogP contribution in [0.25, 0.3) is 10.7 Å². The van der Waals surface area contributed by atoms with Crippen LogP contribution < -0.4 is 5.32 Å². The highest BCUT2D eigenvalue weighted by atomic mass is 32.1. The molecule has 1 unspecified atom stereocenters. The molecule has 5 heteroatoms. The van der Waals surface area contributed by atoms with E-state index in [9.17, 15) is 4.39 Å². The van der Waals surface area contributed by atoms with Gasteiger partial charge >= 0.3 is 0 Å². The number of hydrogen-bond acceptors (Lipinski definition) is 4. The van der Waals surface area contributed by atoms with Gasteiger partial charge < -0.3 is 5.32 Å². The molecule has 2 aromatic rings. The third-order valence-electron chi connectivity index (χ3n) is 3.35. The maximum atomic E-state index is 12.9. The molecule has 1 N–H and O–H groups in total. The summed E-state index contributed by atoms with van der Waals surface area (Å²) in [7, 11) is 0. The maximum absolute atomic E-state index is 12.9. The molecule has 1 atom stereocenters. The highest BCUT2D eigenvalue weighted by Crippen LogP contribution is 2.37. The number of hydrogen-bond donors (Lipinski definition) is 1. The number of fused-ring (bicyclic) bond motifs is 1. The molecule has 1 aliphatic rings. The van der Waals surface area contributed by atoms with Crippen LogP contribution in [0.15, 0.2) is 18.3 Å². The first kappa shape index (κ1) is 12.7. The zero-order valence-corrected chi connectivity index (χ0v) is 11.6. The molecule has 2 aromatic heterocycles. The minimum absolute atomic E-state index is 0.310. The lowest BCUT2D eigenvalue weighted by Crippen LogP contribution is -2.23. The van der Waals surface area contributed by atoms with Crippen molar-refractivity contribution in [1.82, 2.24) is 15.3 Å². The summed E-state index contributed by atoms with van der Waals surface area (Å²) in [5, 5.41) is 4.40. The van der Waals surface area contributed by atoms with Crippen molar-refractivity contribution in [2.75, 3.05) is 6.54 Å². The van der Waals surface area contributed by atoms with Gasteiger partial charge in [-0.15, -0.1) is 11.3 Å². The Labute approximate surface area is 115 Å². The van der Waals surface area contributed by atoms with Crippen molar-refractivity contribution in [2.45, 2.75) is 32.2 Å². The van der Waals surface area contributed by atoms with E-state index >= 15 is 0 Å². The van der Waals surface area contributed by atoms with Crippen molar-refractivity contribution in [1.29, 1.82) is 0 Å². The van der Waals surface area contributed by atoms with Crippen LogP contribution in [0, 0.1) is 5.82 Å². The highest BCUT2D eigenvalue weighted by Gasteiger charge is 2.24. The summed E-state index contributed by atoms with van der Waals surface area (Å²) < 4.78 is 12.9. The van der Waals surface area contributed by atoms with Crippen LogP contribution in [-0.2, 0) is 6.42 Å². The summed E-state index contributed by atoms with van der Waals surface area (Å²) in [6.07, 6.45) is 4.62. The Balaban J connectivity index is 1.95. The van der Waals surface area contributed by atoms with E-state index in [4.69, 9.17) is 0 Å². The SMILES string of the molecule is CCNC1CCCc2nc(-c3ccc(F)cn3)sc21. The molecular weight excluding hydrogens is 261 g/mol. The second-order valence-electron chi connectivity index (χ2n) is 4.69. The Morgan fingerprint density at radius 1 is 1.47 bits per heavy atom. The van der Waals surface area contributed by atoms with Gasteiger partial charge in [-0.25, -0.2) is 9.37 Å². The predicted octanol–water partition coefficient (Wildman–Crippen LogP) is 3.33. The first-order chi connectivity index (χ1) is 9.28. The van der Waals surface area contributed by atoms with Gasteiger partial charge in [0.25, 0.3) is 0 Å². The Bertz CT molecular complexity index is 565. The van der Waals surface area contributed by atoms with Gasteiger partial charge in [0.05, 0.1) is 17.6 Å². The van der Waals surface area contributed by atoms with E-state index in [-0.39, 0.29) is 5.82 Å². The lowest BCUT2D eigenvalue weighted by molar-refractivity contribution is 0.476. The van der Waals surface area contributed by atoms with E-state index in [0.29, 0.717) is 6.04 Å². The van der Waals surface area contributed by atoms with Gasteiger partial charge in [-0.1, -0.05) is 6.92 Å². The first-order valence-corrected chi connectivity index (χ1v) is 7.44. The summed E-state index contributed by atoms with van der Waals surface area (Å²) in [5.41, 5.74) is 1.94. The molecular formula is C14H16FN3S. The van der Waals surface area contributed by atoms with Crippen molar-refractivity contribution in [3.63, 3.8) is 0 Å². The molecule has 0 saturated heterocycles. The maximum Gasteiger partial charge on any atom is 0.142 e. The van der Waals surface area contributed by atoms with Gasteiger partial charge in [-0.3, -0.25) is 4.98 Å². The fourth-order valence-corrected chi connectivity index (χ4v) is 3.67. The molecule has 3 nitrogen and oxygen atoms in total. The molecule has 0 bridgehead atoms. The van der Waals surface area contributed by atoms with Crippen LogP contribution in [0.2, 0.25) is 0 Å². The number of pyridine rings is 1. The van der Waals surface area contributed by atoms with Gasteiger partial charge in [-0.05, 0) is 37.9 Å². The molecule has 2 heterocycles. The summed E-state index contributed by atoms with van der Waals surface area (Å²) in [4.78, 5) is 10.1. The zero-order chi connectivity index (χ0) is 13.2. The quantitative estimate of drug-likeness (QED) is 0.935. The van der Waals surface area contributed by atoms with Gasteiger partial charge in [0, 0.05) is 10.9 Å². The number of halogens is 1. The Hall–Kier alpha value is -1.33. The first-order valence-electron chi connectivity index (χ1n) is 6.63. The molecule has 19 heavy (non-hydrogen) atoms. The van der Waals surface area contributed by atoms with Crippen LogP contribution in [0.5, 0.6) is 0 Å². The smallest absolute Gasteiger partial charge is 0.142 e. The van der Waals surface area contributed by atoms with Gasteiger partial charge in [0.15, 0.2) is 0 Å². The summed E-state index contributed by atoms with van der Waals surface area (Å²) in [6, 6.07) is 3.55. The van der Waals surface area contributed by atoms with Gasteiger partial charge in [0.2, 0.25) is 0 Å². The molecule has 0 amide bonds. The van der Waals surface area contributed by atoms with E-state index in [1.807, 2.05) is 0 Å². The number of aryl methyl sites for hydroxylation is 1. The van der Waals surface area contributed by atoms with Crippen LogP contribution in [0.1, 0.15) is 36.4 Å². The average Bonchev–Trinajstić information content (AvgIpc) is 2.85. The van der Waals surface area contributed by atoms with Crippen LogP contribution in [-0.4, -0.2) is 16.5 Å².